The molecule has 1 unspecified atom stereocenters. The SMILES string of the molecule is C=C(C)C(O)c1ccccc1OC(F)F. The molecule has 0 aromatic heterocycles. The van der Waals surface area contributed by atoms with Gasteiger partial charge in [0.2, 0.25) is 0 Å². The molecule has 0 radical (unpaired) electrons. The van der Waals surface area contributed by atoms with Gasteiger partial charge in [0.25, 0.3) is 0 Å². The molecular weight excluding hydrogens is 202 g/mol. The second kappa shape index (κ2) is 4.89. The molecule has 0 saturated heterocycles. The van der Waals surface area contributed by atoms with Crippen LogP contribution in [-0.4, -0.2) is 11.7 Å². The van der Waals surface area contributed by atoms with Gasteiger partial charge in [0, 0.05) is 5.56 Å². The fourth-order valence-corrected chi connectivity index (χ4v) is 1.18. The van der Waals surface area contributed by atoms with Crippen molar-refractivity contribution in [1.29, 1.82) is 0 Å². The summed E-state index contributed by atoms with van der Waals surface area (Å²) in [6.07, 6.45) is -0.986. The summed E-state index contributed by atoms with van der Waals surface area (Å²) in [5.74, 6) is -0.0250. The Morgan fingerprint density at radius 3 is 2.53 bits per heavy atom. The van der Waals surface area contributed by atoms with Gasteiger partial charge >= 0.3 is 6.61 Å². The zero-order chi connectivity index (χ0) is 11.4. The molecule has 82 valence electrons. The van der Waals surface area contributed by atoms with E-state index in [4.69, 9.17) is 0 Å². The van der Waals surface area contributed by atoms with E-state index in [9.17, 15) is 13.9 Å². The Hall–Kier alpha value is -1.42. The number of aliphatic hydroxyl groups excluding tert-OH is 1. The highest BCUT2D eigenvalue weighted by Crippen LogP contribution is 2.29. The van der Waals surface area contributed by atoms with Crippen molar-refractivity contribution < 1.29 is 18.6 Å². The molecule has 1 N–H and O–H groups in total. The van der Waals surface area contributed by atoms with E-state index in [2.05, 4.69) is 11.3 Å². The Bertz CT molecular complexity index is 350. The molecule has 1 aromatic carbocycles. The van der Waals surface area contributed by atoms with Crippen LogP contribution in [0.25, 0.3) is 0 Å². The Kier molecular flexibility index (Phi) is 3.80. The second-order valence-corrected chi connectivity index (χ2v) is 3.17. The van der Waals surface area contributed by atoms with Crippen LogP contribution in [0.4, 0.5) is 8.78 Å². The lowest BCUT2D eigenvalue weighted by molar-refractivity contribution is -0.0512. The summed E-state index contributed by atoms with van der Waals surface area (Å²) in [7, 11) is 0. The third-order valence-electron chi connectivity index (χ3n) is 1.90. The Morgan fingerprint density at radius 2 is 2.00 bits per heavy atom. The van der Waals surface area contributed by atoms with Crippen molar-refractivity contribution in [3.05, 3.63) is 42.0 Å². The van der Waals surface area contributed by atoms with Gasteiger partial charge in [0.1, 0.15) is 11.9 Å². The van der Waals surface area contributed by atoms with Gasteiger partial charge in [-0.25, -0.2) is 0 Å². The van der Waals surface area contributed by atoms with E-state index in [0.717, 1.165) is 0 Å². The smallest absolute Gasteiger partial charge is 0.387 e. The van der Waals surface area contributed by atoms with Crippen molar-refractivity contribution in [3.8, 4) is 5.75 Å². The van der Waals surface area contributed by atoms with Crippen LogP contribution in [0, 0.1) is 0 Å². The average molecular weight is 214 g/mol. The van der Waals surface area contributed by atoms with Crippen LogP contribution in [0.3, 0.4) is 0 Å². The monoisotopic (exact) mass is 214 g/mol. The van der Waals surface area contributed by atoms with E-state index in [1.807, 2.05) is 0 Å². The number of halogens is 2. The number of ether oxygens (including phenoxy) is 1. The standard InChI is InChI=1S/C11H12F2O2/c1-7(2)10(14)8-5-3-4-6-9(8)15-11(12)13/h3-6,10-11,14H,1H2,2H3. The summed E-state index contributed by atoms with van der Waals surface area (Å²) in [5, 5.41) is 9.67. The molecule has 1 rings (SSSR count). The zero-order valence-corrected chi connectivity index (χ0v) is 8.28. The van der Waals surface area contributed by atoms with Crippen molar-refractivity contribution in [2.24, 2.45) is 0 Å². The first-order valence-electron chi connectivity index (χ1n) is 4.39. The molecule has 0 bridgehead atoms. The van der Waals surface area contributed by atoms with E-state index >= 15 is 0 Å². The quantitative estimate of drug-likeness (QED) is 0.781. The maximum Gasteiger partial charge on any atom is 0.387 e. The molecule has 0 aliphatic rings. The molecule has 0 spiro atoms. The number of aliphatic hydroxyl groups is 1. The molecular formula is C11H12F2O2. The van der Waals surface area contributed by atoms with Gasteiger partial charge in [0.15, 0.2) is 0 Å². The van der Waals surface area contributed by atoms with Gasteiger partial charge in [0.05, 0.1) is 0 Å². The number of benzene rings is 1. The van der Waals surface area contributed by atoms with Crippen LogP contribution in [0.15, 0.2) is 36.4 Å². The van der Waals surface area contributed by atoms with Gasteiger partial charge in [-0.15, -0.1) is 0 Å². The molecule has 2 nitrogen and oxygen atoms in total. The van der Waals surface area contributed by atoms with Crippen LogP contribution in [0.1, 0.15) is 18.6 Å². The molecule has 0 aliphatic heterocycles. The minimum Gasteiger partial charge on any atom is -0.434 e. The zero-order valence-electron chi connectivity index (χ0n) is 8.28. The van der Waals surface area contributed by atoms with E-state index in [-0.39, 0.29) is 5.75 Å². The van der Waals surface area contributed by atoms with E-state index in [1.165, 1.54) is 12.1 Å². The van der Waals surface area contributed by atoms with Crippen molar-refractivity contribution in [2.75, 3.05) is 0 Å². The van der Waals surface area contributed by atoms with Crippen molar-refractivity contribution in [2.45, 2.75) is 19.6 Å². The molecule has 0 amide bonds. The molecule has 1 atom stereocenters. The van der Waals surface area contributed by atoms with E-state index < -0.39 is 12.7 Å². The fraction of sp³-hybridized carbons (Fsp3) is 0.273. The van der Waals surface area contributed by atoms with Gasteiger partial charge in [-0.2, -0.15) is 8.78 Å². The minimum atomic E-state index is -2.90. The number of hydrogen-bond acceptors (Lipinski definition) is 2. The first-order chi connectivity index (χ1) is 7.02. The maximum atomic E-state index is 12.0. The maximum absolute atomic E-state index is 12.0. The molecule has 1 aromatic rings. The Balaban J connectivity index is 3.00. The van der Waals surface area contributed by atoms with Gasteiger partial charge < -0.3 is 9.84 Å². The number of hydrogen-bond donors (Lipinski definition) is 1. The lowest BCUT2D eigenvalue weighted by Gasteiger charge is -2.15. The summed E-state index contributed by atoms with van der Waals surface area (Å²) >= 11 is 0. The number of rotatable bonds is 4. The first kappa shape index (κ1) is 11.7. The average Bonchev–Trinajstić information content (AvgIpc) is 2.16. The summed E-state index contributed by atoms with van der Waals surface area (Å²) in [6.45, 7) is 2.27. The van der Waals surface area contributed by atoms with Gasteiger partial charge in [-0.3, -0.25) is 0 Å². The predicted octanol–water partition coefficient (Wildman–Crippen LogP) is 2.90. The molecule has 0 heterocycles. The van der Waals surface area contributed by atoms with Crippen molar-refractivity contribution >= 4 is 0 Å². The van der Waals surface area contributed by atoms with Crippen molar-refractivity contribution in [3.63, 3.8) is 0 Å². The molecule has 4 heteroatoms. The van der Waals surface area contributed by atoms with Crippen LogP contribution in [-0.2, 0) is 0 Å². The number of para-hydroxylation sites is 1. The van der Waals surface area contributed by atoms with E-state index in [1.54, 1.807) is 19.1 Å². The van der Waals surface area contributed by atoms with Crippen LogP contribution >= 0.6 is 0 Å². The Morgan fingerprint density at radius 1 is 1.40 bits per heavy atom. The highest BCUT2D eigenvalue weighted by atomic mass is 19.3. The number of alkyl halides is 2. The highest BCUT2D eigenvalue weighted by molar-refractivity contribution is 5.38. The molecule has 15 heavy (non-hydrogen) atoms. The normalized spacial score (nSPS) is 12.6. The Labute approximate surface area is 86.8 Å². The molecule has 0 aliphatic carbocycles. The van der Waals surface area contributed by atoms with Crippen LogP contribution < -0.4 is 4.74 Å². The van der Waals surface area contributed by atoms with E-state index in [0.29, 0.717) is 11.1 Å². The third-order valence-corrected chi connectivity index (χ3v) is 1.90. The molecule has 0 fully saturated rings. The lowest BCUT2D eigenvalue weighted by atomic mass is 10.0. The summed E-state index contributed by atoms with van der Waals surface area (Å²) in [4.78, 5) is 0. The second-order valence-electron chi connectivity index (χ2n) is 3.17. The summed E-state index contributed by atoms with van der Waals surface area (Å²) in [6, 6.07) is 6.11. The fourth-order valence-electron chi connectivity index (χ4n) is 1.18. The highest BCUT2D eigenvalue weighted by Gasteiger charge is 2.15. The summed E-state index contributed by atoms with van der Waals surface area (Å²) < 4.78 is 28.4. The largest absolute Gasteiger partial charge is 0.434 e. The topological polar surface area (TPSA) is 29.5 Å². The molecule has 0 saturated carbocycles. The minimum absolute atomic E-state index is 0.0250. The van der Waals surface area contributed by atoms with Gasteiger partial charge in [-0.1, -0.05) is 24.8 Å². The predicted molar refractivity (Wildman–Crippen MR) is 52.8 cm³/mol. The van der Waals surface area contributed by atoms with Crippen LogP contribution in [0.2, 0.25) is 0 Å². The van der Waals surface area contributed by atoms with Crippen molar-refractivity contribution in [1.82, 2.24) is 0 Å². The lowest BCUT2D eigenvalue weighted by Crippen LogP contribution is -2.07. The van der Waals surface area contributed by atoms with Gasteiger partial charge in [-0.05, 0) is 18.6 Å². The first-order valence-corrected chi connectivity index (χ1v) is 4.39. The third kappa shape index (κ3) is 3.02. The summed E-state index contributed by atoms with van der Waals surface area (Å²) in [5.41, 5.74) is 0.769. The van der Waals surface area contributed by atoms with Crippen LogP contribution in [0.5, 0.6) is 5.75 Å².